The first-order valence-electron chi connectivity index (χ1n) is 9.14. The number of benzene rings is 1. The van der Waals surface area contributed by atoms with Gasteiger partial charge in [0, 0.05) is 11.3 Å². The Bertz CT molecular complexity index is 1070. The van der Waals surface area contributed by atoms with Gasteiger partial charge in [0.1, 0.15) is 0 Å². The van der Waals surface area contributed by atoms with Gasteiger partial charge in [0.15, 0.2) is 0 Å². The smallest absolute Gasteiger partial charge is 0.245 e. The summed E-state index contributed by atoms with van der Waals surface area (Å²) in [6.07, 6.45) is 11.4. The fourth-order valence-corrected chi connectivity index (χ4v) is 5.78. The molecular weight excluding hydrogens is 314 g/mol. The van der Waals surface area contributed by atoms with Crippen LogP contribution in [0.2, 0.25) is 0 Å². The predicted octanol–water partition coefficient (Wildman–Crippen LogP) is 2.58. The van der Waals surface area contributed by atoms with Crippen LogP contribution in [0.1, 0.15) is 37.8 Å². The molecule has 0 unspecified atom stereocenters. The lowest BCUT2D eigenvalue weighted by Crippen LogP contribution is -2.58. The van der Waals surface area contributed by atoms with Gasteiger partial charge in [-0.2, -0.15) is 0 Å². The second-order valence-electron chi connectivity index (χ2n) is 7.76. The number of hydrogen-bond donors (Lipinski definition) is 0. The SMILES string of the molecule is O=c1n(-c2ccccc2)c(=O)n2n1[C@@H]1C=C[C@@H]2[C@]23C=C(CCCC2)[C@H]13. The maximum Gasteiger partial charge on any atom is 0.352 e. The number of aromatic nitrogens is 3. The number of para-hydroxylation sites is 1. The molecule has 2 aromatic rings. The molecule has 25 heavy (non-hydrogen) atoms. The maximum atomic E-state index is 13.2. The van der Waals surface area contributed by atoms with E-state index in [9.17, 15) is 9.59 Å². The number of rotatable bonds is 1. The highest BCUT2D eigenvalue weighted by molar-refractivity contribution is 5.41. The molecule has 1 spiro atoms. The quantitative estimate of drug-likeness (QED) is 0.753. The molecule has 0 radical (unpaired) electrons. The Morgan fingerprint density at radius 2 is 1.76 bits per heavy atom. The monoisotopic (exact) mass is 333 g/mol. The average molecular weight is 333 g/mol. The van der Waals surface area contributed by atoms with Crippen LogP contribution in [0.5, 0.6) is 0 Å². The van der Waals surface area contributed by atoms with Crippen molar-refractivity contribution in [2.24, 2.45) is 11.3 Å². The van der Waals surface area contributed by atoms with Gasteiger partial charge < -0.3 is 0 Å². The zero-order valence-electron chi connectivity index (χ0n) is 13.8. The molecule has 5 heteroatoms. The van der Waals surface area contributed by atoms with Crippen molar-refractivity contribution in [1.82, 2.24) is 13.9 Å². The summed E-state index contributed by atoms with van der Waals surface area (Å²) in [4.78, 5) is 26.4. The van der Waals surface area contributed by atoms with E-state index in [-0.39, 0.29) is 28.9 Å². The van der Waals surface area contributed by atoms with Gasteiger partial charge in [-0.15, -0.1) is 0 Å². The van der Waals surface area contributed by atoms with E-state index in [1.807, 2.05) is 30.3 Å². The predicted molar refractivity (Wildman–Crippen MR) is 94.0 cm³/mol. The molecule has 5 aliphatic rings. The van der Waals surface area contributed by atoms with E-state index in [0.717, 1.165) is 12.8 Å². The highest BCUT2D eigenvalue weighted by Crippen LogP contribution is 2.66. The Morgan fingerprint density at radius 3 is 2.60 bits per heavy atom. The third-order valence-corrected chi connectivity index (χ3v) is 6.71. The van der Waals surface area contributed by atoms with Crippen molar-refractivity contribution in [2.45, 2.75) is 37.8 Å². The van der Waals surface area contributed by atoms with Crippen LogP contribution < -0.4 is 11.4 Å². The van der Waals surface area contributed by atoms with Gasteiger partial charge in [0.25, 0.3) is 0 Å². The fourth-order valence-electron chi connectivity index (χ4n) is 5.78. The van der Waals surface area contributed by atoms with Crippen LogP contribution in [0.25, 0.3) is 5.69 Å². The van der Waals surface area contributed by atoms with Crippen LogP contribution in [0.3, 0.4) is 0 Å². The maximum absolute atomic E-state index is 13.2. The lowest BCUT2D eigenvalue weighted by atomic mass is 9.52. The first-order valence-corrected chi connectivity index (χ1v) is 9.14. The lowest BCUT2D eigenvalue weighted by molar-refractivity contribution is 0.0251. The fraction of sp³-hybridized carbons (Fsp3) is 0.400. The topological polar surface area (TPSA) is 48.9 Å². The summed E-state index contributed by atoms with van der Waals surface area (Å²) < 4.78 is 4.78. The van der Waals surface area contributed by atoms with E-state index in [1.54, 1.807) is 9.36 Å². The minimum Gasteiger partial charge on any atom is -0.245 e. The Morgan fingerprint density at radius 1 is 0.960 bits per heavy atom. The van der Waals surface area contributed by atoms with E-state index in [0.29, 0.717) is 11.6 Å². The molecule has 0 saturated carbocycles. The average Bonchev–Trinajstić information content (AvgIpc) is 2.81. The third-order valence-electron chi connectivity index (χ3n) is 6.71. The summed E-state index contributed by atoms with van der Waals surface area (Å²) in [5.41, 5.74) is 1.76. The Hall–Kier alpha value is -2.56. The van der Waals surface area contributed by atoms with E-state index >= 15 is 0 Å². The standard InChI is InChI=1S/C20H19N3O2/c24-18-21(14-7-2-1-3-8-14)19(25)23-16-10-9-15(22(18)23)17-13-6-4-5-11-20(16,17)12-13/h1-3,7-10,12,15-17H,4-6,11H2/t15-,16-,17-,20-/m1/s1. The van der Waals surface area contributed by atoms with Gasteiger partial charge >= 0.3 is 11.4 Å². The Kier molecular flexibility index (Phi) is 2.38. The molecule has 126 valence electrons. The van der Waals surface area contributed by atoms with Gasteiger partial charge in [0.2, 0.25) is 0 Å². The molecule has 3 aliphatic carbocycles. The molecule has 3 heterocycles. The van der Waals surface area contributed by atoms with Crippen molar-refractivity contribution in [2.75, 3.05) is 0 Å². The van der Waals surface area contributed by atoms with E-state index in [1.165, 1.54) is 23.0 Å². The summed E-state index contributed by atoms with van der Waals surface area (Å²) in [5.74, 6) is 0.397. The minimum absolute atomic E-state index is 0.0201. The van der Waals surface area contributed by atoms with Gasteiger partial charge in [-0.25, -0.2) is 23.5 Å². The van der Waals surface area contributed by atoms with Gasteiger partial charge in [-0.1, -0.05) is 48.4 Å². The zero-order valence-corrected chi connectivity index (χ0v) is 13.8. The van der Waals surface area contributed by atoms with Crippen LogP contribution in [0.15, 0.2) is 63.7 Å². The summed E-state index contributed by atoms with van der Waals surface area (Å²) in [6.45, 7) is 0. The van der Waals surface area contributed by atoms with Gasteiger partial charge in [0.05, 0.1) is 17.8 Å². The van der Waals surface area contributed by atoms with Crippen LogP contribution >= 0.6 is 0 Å². The molecule has 0 amide bonds. The second-order valence-corrected chi connectivity index (χ2v) is 7.76. The minimum atomic E-state index is -0.213. The van der Waals surface area contributed by atoms with E-state index in [2.05, 4.69) is 18.2 Å². The normalized spacial score (nSPS) is 33.9. The molecule has 1 aromatic heterocycles. The van der Waals surface area contributed by atoms with Crippen LogP contribution in [0.4, 0.5) is 0 Å². The van der Waals surface area contributed by atoms with E-state index in [4.69, 9.17) is 0 Å². The molecule has 2 aliphatic heterocycles. The van der Waals surface area contributed by atoms with Crippen LogP contribution in [-0.4, -0.2) is 13.9 Å². The van der Waals surface area contributed by atoms with Crippen molar-refractivity contribution in [3.8, 4) is 5.69 Å². The molecule has 7 rings (SSSR count). The Labute approximate surface area is 144 Å². The van der Waals surface area contributed by atoms with Gasteiger partial charge in [-0.3, -0.25) is 0 Å². The molecule has 4 atom stereocenters. The molecule has 0 saturated heterocycles. The summed E-state index contributed by atoms with van der Waals surface area (Å²) in [7, 11) is 0. The zero-order chi connectivity index (χ0) is 16.8. The highest BCUT2D eigenvalue weighted by Gasteiger charge is 2.61. The van der Waals surface area contributed by atoms with Crippen molar-refractivity contribution in [1.29, 1.82) is 0 Å². The number of nitrogens with zero attached hydrogens (tertiary/aromatic N) is 3. The van der Waals surface area contributed by atoms with Crippen molar-refractivity contribution in [3.05, 3.63) is 75.1 Å². The summed E-state index contributed by atoms with van der Waals surface area (Å²) in [6, 6.07) is 9.20. The molecule has 0 N–H and O–H groups in total. The van der Waals surface area contributed by atoms with E-state index < -0.39 is 0 Å². The number of allylic oxidation sites excluding steroid dienone is 4. The van der Waals surface area contributed by atoms with Crippen LogP contribution in [0, 0.1) is 11.3 Å². The third kappa shape index (κ3) is 1.42. The first-order chi connectivity index (χ1) is 12.2. The number of hydrogen-bond acceptors (Lipinski definition) is 2. The highest BCUT2D eigenvalue weighted by atomic mass is 16.2. The molecule has 4 bridgehead atoms. The Balaban J connectivity index is 1.63. The molecular formula is C20H19N3O2. The van der Waals surface area contributed by atoms with Crippen molar-refractivity contribution >= 4 is 0 Å². The van der Waals surface area contributed by atoms with Gasteiger partial charge in [-0.05, 0) is 31.4 Å². The summed E-state index contributed by atoms with van der Waals surface area (Å²) in [5, 5.41) is 0. The summed E-state index contributed by atoms with van der Waals surface area (Å²) >= 11 is 0. The van der Waals surface area contributed by atoms with Crippen molar-refractivity contribution in [3.63, 3.8) is 0 Å². The molecule has 5 nitrogen and oxygen atoms in total. The van der Waals surface area contributed by atoms with Crippen molar-refractivity contribution < 1.29 is 0 Å². The second kappa shape index (κ2) is 4.34. The molecule has 1 aromatic carbocycles. The largest absolute Gasteiger partial charge is 0.352 e. The first kappa shape index (κ1) is 13.7. The lowest BCUT2D eigenvalue weighted by Gasteiger charge is -2.59. The van der Waals surface area contributed by atoms with Crippen LogP contribution in [-0.2, 0) is 0 Å². The molecule has 0 fully saturated rings.